The van der Waals surface area contributed by atoms with Gasteiger partial charge in [-0.3, -0.25) is 4.79 Å². The summed E-state index contributed by atoms with van der Waals surface area (Å²) in [6.45, 7) is 2.13. The van der Waals surface area contributed by atoms with Crippen molar-refractivity contribution in [3.05, 3.63) is 0 Å². The lowest BCUT2D eigenvalue weighted by atomic mass is 10.2. The van der Waals surface area contributed by atoms with Gasteiger partial charge >= 0.3 is 0 Å². The fraction of sp³-hybridized carbons (Fsp3) is 0.857. The molecule has 0 heterocycles. The summed E-state index contributed by atoms with van der Waals surface area (Å²) < 4.78 is 0. The quantitative estimate of drug-likeness (QED) is 0.464. The summed E-state index contributed by atoms with van der Waals surface area (Å²) in [5.74, 6) is 0.677. The lowest BCUT2D eigenvalue weighted by Crippen LogP contribution is -1.97. The van der Waals surface area contributed by atoms with E-state index >= 15 is 0 Å². The lowest BCUT2D eigenvalue weighted by molar-refractivity contribution is -0.116. The first kappa shape index (κ1) is 9.02. The number of hydrogen-bond donors (Lipinski definition) is 1. The third-order valence-corrected chi connectivity index (χ3v) is 1.59. The minimum absolute atomic E-state index is 0.270. The molecule has 0 spiro atoms. The molecule has 0 aliphatic carbocycles. The van der Waals surface area contributed by atoms with Crippen molar-refractivity contribution in [3.63, 3.8) is 0 Å². The van der Waals surface area contributed by atoms with Crippen molar-refractivity contribution < 1.29 is 4.79 Å². The first-order valence-electron chi connectivity index (χ1n) is 3.43. The maximum atomic E-state index is 10.6. The minimum atomic E-state index is 0.270. The van der Waals surface area contributed by atoms with Gasteiger partial charge in [-0.2, -0.15) is 12.6 Å². The highest BCUT2D eigenvalue weighted by Crippen LogP contribution is 1.99. The average molecular weight is 146 g/mol. The van der Waals surface area contributed by atoms with Gasteiger partial charge in [-0.15, -0.1) is 0 Å². The predicted molar refractivity (Wildman–Crippen MR) is 43.0 cm³/mol. The molecule has 0 amide bonds. The van der Waals surface area contributed by atoms with E-state index in [2.05, 4.69) is 19.6 Å². The molecule has 0 aliphatic rings. The Bertz CT molecular complexity index is 81.0. The fourth-order valence-corrected chi connectivity index (χ4v) is 0.809. The summed E-state index contributed by atoms with van der Waals surface area (Å²) in [6.07, 6.45) is 4.10. The molecule has 0 aromatic rings. The Morgan fingerprint density at radius 1 is 1.44 bits per heavy atom. The molecule has 0 aliphatic heterocycles. The number of thiol groups is 1. The second-order valence-corrected chi connectivity index (χ2v) is 2.47. The van der Waals surface area contributed by atoms with Gasteiger partial charge < -0.3 is 0 Å². The first-order valence-corrected chi connectivity index (χ1v) is 4.07. The molecule has 0 saturated heterocycles. The zero-order chi connectivity index (χ0) is 7.11. The molecule has 2 heteroatoms. The number of rotatable bonds is 5. The summed E-state index contributed by atoms with van der Waals surface area (Å²) in [5, 5.41) is 0. The van der Waals surface area contributed by atoms with Crippen molar-refractivity contribution in [1.82, 2.24) is 0 Å². The van der Waals surface area contributed by atoms with E-state index in [-0.39, 0.29) is 5.78 Å². The van der Waals surface area contributed by atoms with Crippen molar-refractivity contribution in [2.24, 2.45) is 0 Å². The lowest BCUT2D eigenvalue weighted by Gasteiger charge is -1.93. The number of Topliss-reactive ketones (excluding diaryl/α,β-unsaturated/α-hetero) is 1. The molecule has 0 aromatic carbocycles. The van der Waals surface area contributed by atoms with Gasteiger partial charge in [0.1, 0.15) is 5.78 Å². The Kier molecular flexibility index (Phi) is 6.16. The summed E-state index contributed by atoms with van der Waals surface area (Å²) in [6, 6.07) is 0. The van der Waals surface area contributed by atoms with E-state index in [1.165, 1.54) is 12.8 Å². The summed E-state index contributed by atoms with van der Waals surface area (Å²) in [5.41, 5.74) is 0. The van der Waals surface area contributed by atoms with Crippen LogP contribution in [0.3, 0.4) is 0 Å². The second-order valence-electron chi connectivity index (χ2n) is 2.15. The SMILES string of the molecule is CCCCCC(=O)CS. The molecular formula is C7H14OS. The third-order valence-electron chi connectivity index (χ3n) is 1.24. The van der Waals surface area contributed by atoms with Crippen LogP contribution < -0.4 is 0 Å². The number of hydrogen-bond acceptors (Lipinski definition) is 2. The van der Waals surface area contributed by atoms with Gasteiger partial charge in [0.2, 0.25) is 0 Å². The van der Waals surface area contributed by atoms with Crippen LogP contribution in [0.1, 0.15) is 32.6 Å². The van der Waals surface area contributed by atoms with Gasteiger partial charge in [0.25, 0.3) is 0 Å². The van der Waals surface area contributed by atoms with Crippen LogP contribution in [0.5, 0.6) is 0 Å². The van der Waals surface area contributed by atoms with Crippen molar-refractivity contribution >= 4 is 18.4 Å². The summed E-state index contributed by atoms with van der Waals surface area (Å²) in [7, 11) is 0. The average Bonchev–Trinajstić information content (AvgIpc) is 1.89. The van der Waals surface area contributed by atoms with E-state index in [4.69, 9.17) is 0 Å². The van der Waals surface area contributed by atoms with Crippen LogP contribution in [0.4, 0.5) is 0 Å². The van der Waals surface area contributed by atoms with Crippen LogP contribution in [-0.4, -0.2) is 11.5 Å². The fourth-order valence-electron chi connectivity index (χ4n) is 0.651. The minimum Gasteiger partial charge on any atom is -0.299 e. The molecule has 0 N–H and O–H groups in total. The van der Waals surface area contributed by atoms with Crippen LogP contribution in [0.25, 0.3) is 0 Å². The molecule has 1 nitrogen and oxygen atoms in total. The highest BCUT2D eigenvalue weighted by molar-refractivity contribution is 7.81. The number of carbonyl (C=O) groups excluding carboxylic acids is 1. The smallest absolute Gasteiger partial charge is 0.142 e. The Balaban J connectivity index is 2.97. The highest BCUT2D eigenvalue weighted by Gasteiger charge is 1.95. The van der Waals surface area contributed by atoms with E-state index in [1.807, 2.05) is 0 Å². The van der Waals surface area contributed by atoms with Gasteiger partial charge in [-0.25, -0.2) is 0 Å². The molecule has 54 valence electrons. The monoisotopic (exact) mass is 146 g/mol. The Labute approximate surface area is 62.2 Å². The normalized spacial score (nSPS) is 9.56. The first-order chi connectivity index (χ1) is 4.31. The van der Waals surface area contributed by atoms with E-state index in [1.54, 1.807) is 0 Å². The van der Waals surface area contributed by atoms with E-state index in [0.717, 1.165) is 12.8 Å². The molecular weight excluding hydrogens is 132 g/mol. The predicted octanol–water partition coefficient (Wildman–Crippen LogP) is 2.07. The van der Waals surface area contributed by atoms with Crippen LogP contribution in [0, 0.1) is 0 Å². The molecule has 0 aromatic heterocycles. The van der Waals surface area contributed by atoms with Crippen LogP contribution in [0.2, 0.25) is 0 Å². The third kappa shape index (κ3) is 5.90. The molecule has 0 rings (SSSR count). The maximum Gasteiger partial charge on any atom is 0.142 e. The Morgan fingerprint density at radius 2 is 2.11 bits per heavy atom. The van der Waals surface area contributed by atoms with Gasteiger partial charge in [0.15, 0.2) is 0 Å². The molecule has 0 radical (unpaired) electrons. The van der Waals surface area contributed by atoms with E-state index in [9.17, 15) is 4.79 Å². The molecule has 0 atom stereocenters. The molecule has 9 heavy (non-hydrogen) atoms. The molecule has 0 bridgehead atoms. The molecule has 0 unspecified atom stereocenters. The topological polar surface area (TPSA) is 17.1 Å². The zero-order valence-corrected chi connectivity index (χ0v) is 6.79. The molecule has 0 fully saturated rings. The number of unbranched alkanes of at least 4 members (excludes halogenated alkanes) is 2. The standard InChI is InChI=1S/C7H14OS/c1-2-3-4-5-7(8)6-9/h9H,2-6H2,1H3. The Morgan fingerprint density at radius 3 is 2.56 bits per heavy atom. The van der Waals surface area contributed by atoms with E-state index < -0.39 is 0 Å². The van der Waals surface area contributed by atoms with Crippen molar-refractivity contribution in [1.29, 1.82) is 0 Å². The van der Waals surface area contributed by atoms with Crippen molar-refractivity contribution in [3.8, 4) is 0 Å². The van der Waals surface area contributed by atoms with Crippen LogP contribution in [0.15, 0.2) is 0 Å². The number of ketones is 1. The Hall–Kier alpha value is 0.0200. The maximum absolute atomic E-state index is 10.6. The van der Waals surface area contributed by atoms with Gasteiger partial charge in [0, 0.05) is 12.2 Å². The van der Waals surface area contributed by atoms with Gasteiger partial charge in [-0.1, -0.05) is 19.8 Å². The molecule has 0 saturated carbocycles. The van der Waals surface area contributed by atoms with Gasteiger partial charge in [0.05, 0.1) is 0 Å². The summed E-state index contributed by atoms with van der Waals surface area (Å²) >= 11 is 3.87. The van der Waals surface area contributed by atoms with E-state index in [0.29, 0.717) is 5.75 Å². The zero-order valence-electron chi connectivity index (χ0n) is 5.89. The highest BCUT2D eigenvalue weighted by atomic mass is 32.1. The number of carbonyl (C=O) groups is 1. The van der Waals surface area contributed by atoms with Gasteiger partial charge in [-0.05, 0) is 6.42 Å². The largest absolute Gasteiger partial charge is 0.299 e. The summed E-state index contributed by atoms with van der Waals surface area (Å²) in [4.78, 5) is 10.6. The van der Waals surface area contributed by atoms with Crippen LogP contribution >= 0.6 is 12.6 Å². The van der Waals surface area contributed by atoms with Crippen LogP contribution in [-0.2, 0) is 4.79 Å². The second kappa shape index (κ2) is 6.14. The van der Waals surface area contributed by atoms with Crippen molar-refractivity contribution in [2.75, 3.05) is 5.75 Å². The van der Waals surface area contributed by atoms with Crippen molar-refractivity contribution in [2.45, 2.75) is 32.6 Å².